The Morgan fingerprint density at radius 2 is 1.76 bits per heavy atom. The molecule has 5 heteroatoms. The molecule has 3 nitrogen and oxygen atoms in total. The van der Waals surface area contributed by atoms with E-state index in [1.807, 2.05) is 36.4 Å². The van der Waals surface area contributed by atoms with Crippen LogP contribution in [0, 0.1) is 6.92 Å². The van der Waals surface area contributed by atoms with Gasteiger partial charge in [0.05, 0.1) is 5.39 Å². The molecule has 0 radical (unpaired) electrons. The Morgan fingerprint density at radius 3 is 2.60 bits per heavy atom. The van der Waals surface area contributed by atoms with Crippen LogP contribution in [0.3, 0.4) is 0 Å². The van der Waals surface area contributed by atoms with Crippen molar-refractivity contribution in [2.45, 2.75) is 16.8 Å². The first-order valence-electron chi connectivity index (χ1n) is 7.80. The molecule has 0 bridgehead atoms. The molecule has 0 N–H and O–H groups in total. The molecule has 2 aromatic carbocycles. The summed E-state index contributed by atoms with van der Waals surface area (Å²) in [6, 6.07) is 19.7. The molecule has 0 saturated heterocycles. The summed E-state index contributed by atoms with van der Waals surface area (Å²) < 4.78 is 0.938. The van der Waals surface area contributed by atoms with Gasteiger partial charge in [0.1, 0.15) is 10.0 Å². The predicted octanol–water partition coefficient (Wildman–Crippen LogP) is 5.18. The van der Waals surface area contributed by atoms with Crippen LogP contribution in [0.25, 0.3) is 20.7 Å². The minimum absolute atomic E-state index is 0.195. The van der Waals surface area contributed by atoms with Crippen LogP contribution in [0.4, 0.5) is 0 Å². The lowest BCUT2D eigenvalue weighted by Gasteiger charge is -2.08. The van der Waals surface area contributed by atoms with Gasteiger partial charge in [0, 0.05) is 21.4 Å². The molecule has 0 unspecified atom stereocenters. The third-order valence-electron chi connectivity index (χ3n) is 3.76. The van der Waals surface area contributed by atoms with E-state index in [0.717, 1.165) is 20.2 Å². The zero-order valence-corrected chi connectivity index (χ0v) is 15.1. The summed E-state index contributed by atoms with van der Waals surface area (Å²) in [6.45, 7) is 2.07. The Labute approximate surface area is 153 Å². The summed E-state index contributed by atoms with van der Waals surface area (Å²) in [5.74, 6) is 0. The molecular formula is C20H14N2OS2. The highest BCUT2D eigenvalue weighted by atomic mass is 32.2. The van der Waals surface area contributed by atoms with Crippen molar-refractivity contribution in [2.75, 3.05) is 0 Å². The normalized spacial score (nSPS) is 10.9. The number of benzene rings is 2. The minimum Gasteiger partial charge on any atom is -0.267 e. The highest BCUT2D eigenvalue weighted by Gasteiger charge is 2.12. The van der Waals surface area contributed by atoms with Gasteiger partial charge in [-0.2, -0.15) is 4.98 Å². The standard InChI is InChI=1S/C20H14N2OS2/c1-13-8-10-14(11-9-13)24-19-16(6-4-12-21-19)20-22-18(23)15-5-2-3-7-17(15)25-20/h2-12H,1H3. The average molecular weight is 362 g/mol. The molecule has 0 aliphatic rings. The lowest BCUT2D eigenvalue weighted by molar-refractivity contribution is 1.13. The van der Waals surface area contributed by atoms with Crippen molar-refractivity contribution in [3.8, 4) is 10.6 Å². The van der Waals surface area contributed by atoms with Crippen molar-refractivity contribution < 1.29 is 0 Å². The molecule has 2 aromatic heterocycles. The molecule has 0 atom stereocenters. The number of hydrogen-bond acceptors (Lipinski definition) is 5. The molecule has 0 amide bonds. The summed E-state index contributed by atoms with van der Waals surface area (Å²) >= 11 is 3.10. The smallest absolute Gasteiger partial charge is 0.267 e. The van der Waals surface area contributed by atoms with Crippen molar-refractivity contribution in [1.82, 2.24) is 9.97 Å². The number of aromatic nitrogens is 2. The second kappa shape index (κ2) is 6.78. The maximum atomic E-state index is 12.3. The highest BCUT2D eigenvalue weighted by Crippen LogP contribution is 2.35. The topological polar surface area (TPSA) is 42.9 Å². The van der Waals surface area contributed by atoms with E-state index in [2.05, 4.69) is 41.2 Å². The summed E-state index contributed by atoms with van der Waals surface area (Å²) in [4.78, 5) is 22.3. The Bertz CT molecular complexity index is 1100. The first kappa shape index (κ1) is 16.0. The van der Waals surface area contributed by atoms with Gasteiger partial charge in [0.25, 0.3) is 5.56 Å². The van der Waals surface area contributed by atoms with E-state index in [9.17, 15) is 4.79 Å². The molecular weight excluding hydrogens is 348 g/mol. The van der Waals surface area contributed by atoms with E-state index >= 15 is 0 Å². The fourth-order valence-corrected chi connectivity index (χ4v) is 4.45. The number of rotatable bonds is 3. The summed E-state index contributed by atoms with van der Waals surface area (Å²) in [5.41, 5.74) is 1.92. The van der Waals surface area contributed by atoms with Gasteiger partial charge in [0.15, 0.2) is 0 Å². The second-order valence-electron chi connectivity index (χ2n) is 5.59. The van der Waals surface area contributed by atoms with Crippen molar-refractivity contribution in [2.24, 2.45) is 0 Å². The van der Waals surface area contributed by atoms with Gasteiger partial charge in [-0.05, 0) is 43.3 Å². The number of nitrogens with zero attached hydrogens (tertiary/aromatic N) is 2. The number of aryl methyl sites for hydroxylation is 1. The first-order valence-corrected chi connectivity index (χ1v) is 9.44. The zero-order chi connectivity index (χ0) is 17.2. The van der Waals surface area contributed by atoms with Crippen LogP contribution >= 0.6 is 23.1 Å². The monoisotopic (exact) mass is 362 g/mol. The molecule has 0 aliphatic heterocycles. The Hall–Kier alpha value is -2.50. The Morgan fingerprint density at radius 1 is 0.960 bits per heavy atom. The fraction of sp³-hybridized carbons (Fsp3) is 0.0500. The van der Waals surface area contributed by atoms with Crippen LogP contribution in [0.15, 0.2) is 81.6 Å². The predicted molar refractivity (Wildman–Crippen MR) is 104 cm³/mol. The summed E-state index contributed by atoms with van der Waals surface area (Å²) in [5, 5.41) is 2.21. The lowest BCUT2D eigenvalue weighted by atomic mass is 10.2. The zero-order valence-electron chi connectivity index (χ0n) is 13.5. The number of pyridine rings is 1. The molecule has 4 aromatic rings. The van der Waals surface area contributed by atoms with Gasteiger partial charge in [-0.3, -0.25) is 4.79 Å². The lowest BCUT2D eigenvalue weighted by Crippen LogP contribution is -2.06. The highest BCUT2D eigenvalue weighted by molar-refractivity contribution is 7.99. The molecule has 0 saturated carbocycles. The molecule has 122 valence electrons. The van der Waals surface area contributed by atoms with Crippen LogP contribution in [-0.4, -0.2) is 9.97 Å². The van der Waals surface area contributed by atoms with Gasteiger partial charge in [-0.25, -0.2) is 4.98 Å². The van der Waals surface area contributed by atoms with E-state index in [1.165, 1.54) is 16.9 Å². The van der Waals surface area contributed by atoms with Crippen molar-refractivity contribution >= 4 is 33.2 Å². The molecule has 0 fully saturated rings. The van der Waals surface area contributed by atoms with Crippen LogP contribution in [0.2, 0.25) is 0 Å². The maximum Gasteiger partial charge on any atom is 0.279 e. The van der Waals surface area contributed by atoms with Crippen LogP contribution in [0.1, 0.15) is 5.56 Å². The number of hydrogen-bond donors (Lipinski definition) is 0. The van der Waals surface area contributed by atoms with Crippen molar-refractivity contribution in [3.63, 3.8) is 0 Å². The summed E-state index contributed by atoms with van der Waals surface area (Å²) in [6.07, 6.45) is 1.77. The minimum atomic E-state index is -0.195. The van der Waals surface area contributed by atoms with Crippen molar-refractivity contribution in [3.05, 3.63) is 82.8 Å². The Balaban J connectivity index is 1.81. The third-order valence-corrected chi connectivity index (χ3v) is 5.87. The van der Waals surface area contributed by atoms with Gasteiger partial charge >= 0.3 is 0 Å². The Kier molecular flexibility index (Phi) is 4.34. The fourth-order valence-electron chi connectivity index (χ4n) is 2.48. The quantitative estimate of drug-likeness (QED) is 0.504. The largest absolute Gasteiger partial charge is 0.279 e. The second-order valence-corrected chi connectivity index (χ2v) is 7.68. The van der Waals surface area contributed by atoms with Gasteiger partial charge < -0.3 is 0 Å². The molecule has 0 aliphatic carbocycles. The average Bonchev–Trinajstić information content (AvgIpc) is 2.64. The molecule has 4 rings (SSSR count). The van der Waals surface area contributed by atoms with Gasteiger partial charge in [-0.15, -0.1) is 11.3 Å². The maximum absolute atomic E-state index is 12.3. The SMILES string of the molecule is Cc1ccc(Sc2ncccc2-c2nc(=O)c3ccccc3s2)cc1. The number of fused-ring (bicyclic) bond motifs is 1. The van der Waals surface area contributed by atoms with E-state index in [-0.39, 0.29) is 5.56 Å². The van der Waals surface area contributed by atoms with E-state index in [1.54, 1.807) is 18.0 Å². The van der Waals surface area contributed by atoms with Crippen molar-refractivity contribution in [1.29, 1.82) is 0 Å². The van der Waals surface area contributed by atoms with Crippen LogP contribution in [0.5, 0.6) is 0 Å². The third kappa shape index (κ3) is 3.34. The van der Waals surface area contributed by atoms with E-state index in [0.29, 0.717) is 10.4 Å². The van der Waals surface area contributed by atoms with Crippen LogP contribution < -0.4 is 5.56 Å². The molecule has 25 heavy (non-hydrogen) atoms. The van der Waals surface area contributed by atoms with E-state index < -0.39 is 0 Å². The first-order chi connectivity index (χ1) is 12.2. The molecule has 0 spiro atoms. The van der Waals surface area contributed by atoms with Gasteiger partial charge in [-0.1, -0.05) is 41.6 Å². The molecule has 2 heterocycles. The van der Waals surface area contributed by atoms with Gasteiger partial charge in [0.2, 0.25) is 0 Å². The summed E-state index contributed by atoms with van der Waals surface area (Å²) in [7, 11) is 0. The van der Waals surface area contributed by atoms with E-state index in [4.69, 9.17) is 0 Å². The van der Waals surface area contributed by atoms with Crippen LogP contribution in [-0.2, 0) is 0 Å².